The van der Waals surface area contributed by atoms with Gasteiger partial charge in [-0.3, -0.25) is 4.79 Å². The molecule has 214 valence electrons. The zero-order chi connectivity index (χ0) is 28.8. The van der Waals surface area contributed by atoms with Gasteiger partial charge in [-0.05, 0) is 41.5 Å². The maximum Gasteiger partial charge on any atom is 0.247 e. The zero-order valence-electron chi connectivity index (χ0n) is 21.8. The van der Waals surface area contributed by atoms with E-state index in [1.807, 2.05) is 6.07 Å². The van der Waals surface area contributed by atoms with E-state index < -0.39 is 32.5 Å². The minimum atomic E-state index is -4.19. The zero-order valence-corrected chi connectivity index (χ0v) is 24.2. The van der Waals surface area contributed by atoms with Crippen molar-refractivity contribution in [2.24, 2.45) is 0 Å². The SMILES string of the molecule is COc1ccc(Cl)cc1S(=O)(=O)N(CC(=O)NCc1ccc(S(=O)(=O)N2CCOCC2)cc1)Cc1ccccc1. The molecule has 0 spiro atoms. The average Bonchev–Trinajstić information content (AvgIpc) is 2.97. The van der Waals surface area contributed by atoms with Crippen LogP contribution in [0, 0.1) is 0 Å². The molecule has 1 aliphatic rings. The molecule has 1 amide bonds. The molecule has 3 aromatic carbocycles. The maximum atomic E-state index is 13.7. The molecule has 0 bridgehead atoms. The second-order valence-electron chi connectivity index (χ2n) is 8.99. The molecular weight excluding hydrogens is 578 g/mol. The van der Waals surface area contributed by atoms with Crippen LogP contribution in [0.3, 0.4) is 0 Å². The minimum absolute atomic E-state index is 0.0552. The first-order chi connectivity index (χ1) is 19.1. The van der Waals surface area contributed by atoms with Crippen molar-refractivity contribution in [1.29, 1.82) is 0 Å². The fraction of sp³-hybridized carbons (Fsp3) is 0.296. The molecule has 0 radical (unpaired) electrons. The standard InChI is InChI=1S/C27H30ClN3O7S2/c1-37-25-12-9-23(28)17-26(25)40(35,36)31(19-22-5-3-2-4-6-22)20-27(32)29-18-21-7-10-24(11-8-21)39(33,34)30-13-15-38-16-14-30/h2-12,17H,13-16,18-20H2,1H3,(H,29,32). The number of morpholine rings is 1. The second kappa shape index (κ2) is 13.1. The summed E-state index contributed by atoms with van der Waals surface area (Å²) in [5.74, 6) is -0.430. The van der Waals surface area contributed by atoms with Crippen LogP contribution in [0.1, 0.15) is 11.1 Å². The van der Waals surface area contributed by atoms with Crippen LogP contribution in [-0.2, 0) is 42.7 Å². The summed E-state index contributed by atoms with van der Waals surface area (Å²) in [6.45, 7) is 0.856. The van der Waals surface area contributed by atoms with Gasteiger partial charge in [0.2, 0.25) is 26.0 Å². The lowest BCUT2D eigenvalue weighted by Gasteiger charge is -2.26. The lowest BCUT2D eigenvalue weighted by atomic mass is 10.2. The van der Waals surface area contributed by atoms with Crippen LogP contribution in [0.15, 0.2) is 82.6 Å². The molecule has 0 saturated carbocycles. The Bertz CT molecular complexity index is 1530. The average molecular weight is 608 g/mol. The number of hydrogen-bond donors (Lipinski definition) is 1. The molecule has 1 fully saturated rings. The summed E-state index contributed by atoms with van der Waals surface area (Å²) in [4.78, 5) is 13.0. The highest BCUT2D eigenvalue weighted by atomic mass is 35.5. The number of rotatable bonds is 11. The van der Waals surface area contributed by atoms with Crippen molar-refractivity contribution < 1.29 is 31.1 Å². The molecule has 1 N–H and O–H groups in total. The van der Waals surface area contributed by atoms with Gasteiger partial charge in [0.15, 0.2) is 0 Å². The third-order valence-corrected chi connectivity index (χ3v) is 10.2. The molecule has 4 rings (SSSR count). The largest absolute Gasteiger partial charge is 0.495 e. The topological polar surface area (TPSA) is 122 Å². The van der Waals surface area contributed by atoms with Gasteiger partial charge >= 0.3 is 0 Å². The van der Waals surface area contributed by atoms with Crippen LogP contribution >= 0.6 is 11.6 Å². The smallest absolute Gasteiger partial charge is 0.247 e. The van der Waals surface area contributed by atoms with Crippen molar-refractivity contribution in [3.05, 3.63) is 88.9 Å². The van der Waals surface area contributed by atoms with E-state index in [9.17, 15) is 21.6 Å². The molecular formula is C27H30ClN3O7S2. The molecule has 3 aromatic rings. The Morgan fingerprint density at radius 3 is 2.30 bits per heavy atom. The van der Waals surface area contributed by atoms with Gasteiger partial charge in [0.05, 0.1) is 31.8 Å². The Hall–Kier alpha value is -3.00. The Labute approximate surface area is 239 Å². The first kappa shape index (κ1) is 30.0. The number of halogens is 1. The maximum absolute atomic E-state index is 13.7. The van der Waals surface area contributed by atoms with Gasteiger partial charge in [-0.15, -0.1) is 0 Å². The van der Waals surface area contributed by atoms with Gasteiger partial charge in [0.1, 0.15) is 10.6 Å². The van der Waals surface area contributed by atoms with E-state index in [2.05, 4.69) is 5.32 Å². The van der Waals surface area contributed by atoms with E-state index in [1.54, 1.807) is 36.4 Å². The van der Waals surface area contributed by atoms with Gasteiger partial charge < -0.3 is 14.8 Å². The Balaban J connectivity index is 1.48. The highest BCUT2D eigenvalue weighted by Gasteiger charge is 2.30. The Morgan fingerprint density at radius 2 is 1.65 bits per heavy atom. The number of benzene rings is 3. The predicted octanol–water partition coefficient (Wildman–Crippen LogP) is 2.88. The van der Waals surface area contributed by atoms with E-state index in [0.717, 1.165) is 4.31 Å². The number of nitrogens with zero attached hydrogens (tertiary/aromatic N) is 2. The summed E-state index contributed by atoms with van der Waals surface area (Å²) in [7, 11) is -6.47. The van der Waals surface area contributed by atoms with Crippen LogP contribution in [0.25, 0.3) is 0 Å². The molecule has 0 aliphatic carbocycles. The molecule has 40 heavy (non-hydrogen) atoms. The predicted molar refractivity (Wildman–Crippen MR) is 150 cm³/mol. The highest BCUT2D eigenvalue weighted by molar-refractivity contribution is 7.89. The molecule has 13 heteroatoms. The number of methoxy groups -OCH3 is 1. The fourth-order valence-corrected chi connectivity index (χ4v) is 7.35. The van der Waals surface area contributed by atoms with Crippen molar-refractivity contribution in [1.82, 2.24) is 13.9 Å². The second-order valence-corrected chi connectivity index (χ2v) is 13.3. The van der Waals surface area contributed by atoms with Gasteiger partial charge in [0, 0.05) is 31.2 Å². The van der Waals surface area contributed by atoms with Gasteiger partial charge in [-0.1, -0.05) is 54.1 Å². The molecule has 1 heterocycles. The van der Waals surface area contributed by atoms with Crippen molar-refractivity contribution in [3.8, 4) is 5.75 Å². The van der Waals surface area contributed by atoms with Crippen LogP contribution < -0.4 is 10.1 Å². The number of nitrogens with one attached hydrogen (secondary N) is 1. The van der Waals surface area contributed by atoms with Crippen molar-refractivity contribution in [2.75, 3.05) is 40.0 Å². The summed E-state index contributed by atoms with van der Waals surface area (Å²) in [6.07, 6.45) is 0. The van der Waals surface area contributed by atoms with Crippen molar-refractivity contribution >= 4 is 37.6 Å². The molecule has 1 saturated heterocycles. The normalized spacial score (nSPS) is 14.7. The van der Waals surface area contributed by atoms with Crippen molar-refractivity contribution in [2.45, 2.75) is 22.9 Å². The van der Waals surface area contributed by atoms with E-state index in [0.29, 0.717) is 37.4 Å². The first-order valence-corrected chi connectivity index (χ1v) is 15.7. The first-order valence-electron chi connectivity index (χ1n) is 12.4. The summed E-state index contributed by atoms with van der Waals surface area (Å²) < 4.78 is 65.9. The molecule has 0 unspecified atom stereocenters. The van der Waals surface area contributed by atoms with E-state index >= 15 is 0 Å². The molecule has 0 atom stereocenters. The Kier molecular flexibility index (Phi) is 9.82. The minimum Gasteiger partial charge on any atom is -0.495 e. The van der Waals surface area contributed by atoms with Gasteiger partial charge in [-0.2, -0.15) is 8.61 Å². The van der Waals surface area contributed by atoms with Crippen LogP contribution in [-0.4, -0.2) is 71.3 Å². The van der Waals surface area contributed by atoms with E-state index in [-0.39, 0.29) is 33.7 Å². The van der Waals surface area contributed by atoms with Gasteiger partial charge in [0.25, 0.3) is 0 Å². The lowest BCUT2D eigenvalue weighted by Crippen LogP contribution is -2.40. The highest BCUT2D eigenvalue weighted by Crippen LogP contribution is 2.30. The number of hydrogen-bond acceptors (Lipinski definition) is 7. The summed E-state index contributed by atoms with van der Waals surface area (Å²) >= 11 is 6.09. The molecule has 10 nitrogen and oxygen atoms in total. The number of ether oxygens (including phenoxy) is 2. The lowest BCUT2D eigenvalue weighted by molar-refractivity contribution is -0.121. The van der Waals surface area contributed by atoms with Crippen LogP contribution in [0.2, 0.25) is 5.02 Å². The Morgan fingerprint density at radius 1 is 0.975 bits per heavy atom. The summed E-state index contributed by atoms with van der Waals surface area (Å²) in [5, 5.41) is 2.93. The monoisotopic (exact) mass is 607 g/mol. The number of amides is 1. The van der Waals surface area contributed by atoms with Crippen LogP contribution in [0.5, 0.6) is 5.75 Å². The van der Waals surface area contributed by atoms with Gasteiger partial charge in [-0.25, -0.2) is 16.8 Å². The summed E-state index contributed by atoms with van der Waals surface area (Å²) in [5.41, 5.74) is 1.35. The quantitative estimate of drug-likeness (QED) is 0.356. The van der Waals surface area contributed by atoms with Crippen molar-refractivity contribution in [3.63, 3.8) is 0 Å². The summed E-state index contributed by atoms with van der Waals surface area (Å²) in [6, 6.07) is 19.4. The molecule has 1 aliphatic heterocycles. The number of sulfonamides is 2. The third kappa shape index (κ3) is 7.19. The number of carbonyl (C=O) groups is 1. The van der Waals surface area contributed by atoms with E-state index in [1.165, 1.54) is 41.7 Å². The third-order valence-electron chi connectivity index (χ3n) is 6.29. The fourth-order valence-electron chi connectivity index (χ4n) is 4.14. The van der Waals surface area contributed by atoms with Crippen LogP contribution in [0.4, 0.5) is 0 Å². The number of carbonyl (C=O) groups excluding carboxylic acids is 1. The molecule has 0 aromatic heterocycles. The van der Waals surface area contributed by atoms with E-state index in [4.69, 9.17) is 21.1 Å².